The van der Waals surface area contributed by atoms with Crippen molar-refractivity contribution in [1.82, 2.24) is 39.8 Å². The maximum Gasteiger partial charge on any atom is 0.416 e. The zero-order valence-corrected chi connectivity index (χ0v) is 52.4. The molecular weight excluding hydrogens is 1150 g/mol. The summed E-state index contributed by atoms with van der Waals surface area (Å²) in [4.78, 5) is 89.9. The lowest BCUT2D eigenvalue weighted by Gasteiger charge is -2.37. The summed E-state index contributed by atoms with van der Waals surface area (Å²) >= 11 is 0. The number of nitrogens with one attached hydrogen (secondary N) is 3. The van der Waals surface area contributed by atoms with E-state index in [1.165, 1.54) is 70.3 Å². The molecule has 1 radical (unpaired) electrons. The van der Waals surface area contributed by atoms with Gasteiger partial charge in [0, 0.05) is 157 Å². The first-order valence-electron chi connectivity index (χ1n) is 25.2. The van der Waals surface area contributed by atoms with Crippen LogP contribution in [0.3, 0.4) is 0 Å². The highest BCUT2D eigenvalue weighted by Gasteiger charge is 2.52. The highest BCUT2D eigenvalue weighted by Crippen LogP contribution is 2.64. The predicted molar refractivity (Wildman–Crippen MR) is 336 cm³/mol. The fourth-order valence-electron chi connectivity index (χ4n) is 5.73. The third-order valence-electron chi connectivity index (χ3n) is 9.43. The van der Waals surface area contributed by atoms with Crippen molar-refractivity contribution >= 4 is 51.3 Å². The van der Waals surface area contributed by atoms with Gasteiger partial charge < -0.3 is 45.4 Å². The Bertz CT molecular complexity index is 2580. The third-order valence-corrected chi connectivity index (χ3v) is 13.0. The Morgan fingerprint density at radius 2 is 0.907 bits per heavy atom. The molecule has 0 saturated carbocycles. The number of benzene rings is 4. The second kappa shape index (κ2) is 52.1. The maximum absolute atomic E-state index is 11.0. The molecule has 0 aliphatic heterocycles. The molecule has 4 rings (SSSR count). The van der Waals surface area contributed by atoms with Gasteiger partial charge in [-0.3, -0.25) is 69.0 Å². The Balaban J connectivity index is -0.000000175. The lowest BCUT2D eigenvalue weighted by Crippen LogP contribution is -2.39. The number of amides is 3. The molecule has 0 spiro atoms. The quantitative estimate of drug-likeness (QED) is 0.0208. The van der Waals surface area contributed by atoms with Gasteiger partial charge in [0.05, 0.1) is 17.0 Å². The molecule has 0 saturated heterocycles. The Morgan fingerprint density at radius 3 is 1.22 bits per heavy atom. The Labute approximate surface area is 509 Å². The summed E-state index contributed by atoms with van der Waals surface area (Å²) in [5.41, 5.74) is 2.88. The number of carbonyl (C=O) groups is 5. The summed E-state index contributed by atoms with van der Waals surface area (Å²) in [7, 11) is 22.3. The summed E-state index contributed by atoms with van der Waals surface area (Å²) in [5.74, 6) is 0.646. The van der Waals surface area contributed by atoms with Gasteiger partial charge in [0.2, 0.25) is 17.7 Å². The molecule has 0 aliphatic carbocycles. The van der Waals surface area contributed by atoms with Gasteiger partial charge in [0.1, 0.15) is 17.2 Å². The minimum atomic E-state index is -2.01. The van der Waals surface area contributed by atoms with Crippen LogP contribution in [-0.4, -0.2) is 191 Å². The van der Waals surface area contributed by atoms with E-state index in [9.17, 15) is 44.3 Å². The number of ether oxygens (including phenoxy) is 1. The number of nitro benzene ring substituents is 1. The van der Waals surface area contributed by atoms with E-state index in [-0.39, 0.29) is 67.8 Å². The van der Waals surface area contributed by atoms with Crippen molar-refractivity contribution < 1.29 is 67.8 Å². The number of rotatable bonds is 16. The maximum atomic E-state index is 11.0. The number of carbonyl (C=O) groups excluding carboxylic acids is 5. The molecule has 0 unspecified atom stereocenters. The number of nitrogens with zero attached hydrogens (tertiary/aromatic N) is 9. The molecule has 0 atom stereocenters. The molecule has 3 amide bonds. The normalized spacial score (nSPS) is 9.44. The number of hydrogen-bond acceptors (Lipinski definition) is 23. The standard InChI is InChI=1S/C14H28N4OP.C10H12N2O4.2C10H13NO2.C3H7NO.C2H4BO2.3CH3NO2.2CH4/c1-15-12-13-10-8-9-11-14(13)19-20(16(2)3,17(4)5)18(6)7;1-7(13)11(2)6-8-9(12(15)16)4-3-5-10(8)14;1-8(12)13-10-6-4-3-5-9(10)7-11-2;1-8(12)11(2)7-9-5-3-4-6-10(9)13;1-3(5)4-2;1-2(4)5-3;3*1-2(3)4;;/h8-11,15H,12H2,1-7H3;3-5,14H,6H2,1-2H3;3-6,11H,7H2,1-2H3;3-6,13H,7H2,1-2H3;1-2H3,(H,4,5);3H,1H3;3*1H3;2*1H4/q+1;;;;;;;;;;/i;;;;;3T;;;;;. The average molecular weight is 1240 g/mol. The van der Waals surface area contributed by atoms with Gasteiger partial charge in [-0.25, -0.2) is 0 Å². The molecule has 86 heavy (non-hydrogen) atoms. The minimum absolute atomic E-state index is 0. The van der Waals surface area contributed by atoms with E-state index in [1.807, 2.05) is 56.6 Å². The van der Waals surface area contributed by atoms with Crippen LogP contribution in [-0.2, 0) is 54.8 Å². The number of hydrogen-bond donors (Lipinski definition) is 5. The number of phenols is 2. The van der Waals surface area contributed by atoms with Crippen molar-refractivity contribution in [3.05, 3.63) is 154 Å². The zero-order valence-electron chi connectivity index (χ0n) is 52.5. The van der Waals surface area contributed by atoms with E-state index in [2.05, 4.69) is 83.0 Å². The van der Waals surface area contributed by atoms with E-state index >= 15 is 0 Å². The van der Waals surface area contributed by atoms with Gasteiger partial charge in [-0.2, -0.15) is 0 Å². The predicted octanol–water partition coefficient (Wildman–Crippen LogP) is 6.20. The topological polar surface area (TPSA) is 378 Å². The molecule has 0 aliphatic rings. The number of para-hydroxylation sites is 3. The summed E-state index contributed by atoms with van der Waals surface area (Å²) < 4.78 is 28.2. The number of phenolic OH excluding ortho intramolecular Hbond substituents is 2. The molecule has 4 aromatic carbocycles. The van der Waals surface area contributed by atoms with Crippen LogP contribution in [0.4, 0.5) is 5.69 Å². The van der Waals surface area contributed by atoms with Crippen molar-refractivity contribution in [2.45, 2.75) is 75.7 Å². The lowest BCUT2D eigenvalue weighted by molar-refractivity contribution is -0.445. The second-order valence-corrected chi connectivity index (χ2v) is 20.8. The van der Waals surface area contributed by atoms with Crippen molar-refractivity contribution in [3.8, 4) is 23.0 Å². The summed E-state index contributed by atoms with van der Waals surface area (Å²) in [5, 5.41) is 64.6. The van der Waals surface area contributed by atoms with Gasteiger partial charge in [-0.1, -0.05) is 75.5 Å². The van der Waals surface area contributed by atoms with E-state index < -0.39 is 33.6 Å². The summed E-state index contributed by atoms with van der Waals surface area (Å²) in [6, 6.07) is 26.7. The van der Waals surface area contributed by atoms with E-state index in [1.54, 1.807) is 43.3 Å². The summed E-state index contributed by atoms with van der Waals surface area (Å²) in [6.45, 7) is 8.92. The van der Waals surface area contributed by atoms with Gasteiger partial charge in [0.25, 0.3) is 11.7 Å². The molecule has 485 valence electrons. The molecule has 30 nitrogen and oxygen atoms in total. The molecule has 0 fully saturated rings. The van der Waals surface area contributed by atoms with E-state index in [0.29, 0.717) is 26.9 Å². The molecule has 4 aromatic rings. The van der Waals surface area contributed by atoms with Crippen LogP contribution in [0, 0.1) is 40.5 Å². The fraction of sp³-hybridized carbons (Fsp3) is 0.463. The van der Waals surface area contributed by atoms with Crippen molar-refractivity contribution in [3.63, 3.8) is 0 Å². The van der Waals surface area contributed by atoms with Crippen molar-refractivity contribution in [2.24, 2.45) is 0 Å². The van der Waals surface area contributed by atoms with Gasteiger partial charge >= 0.3 is 21.9 Å². The highest BCUT2D eigenvalue weighted by atomic mass is 31.2. The van der Waals surface area contributed by atoms with E-state index in [4.69, 9.17) is 40.9 Å². The average Bonchev–Trinajstić information content (AvgIpc) is 3.60. The minimum Gasteiger partial charge on any atom is -0.543 e. The van der Waals surface area contributed by atoms with Crippen LogP contribution in [0.2, 0.25) is 0 Å². The van der Waals surface area contributed by atoms with Crippen LogP contribution in [0.1, 0.15) is 71.7 Å². The van der Waals surface area contributed by atoms with Gasteiger partial charge in [-0.05, 0) is 38.4 Å². The lowest BCUT2D eigenvalue weighted by atomic mass is 10.1. The number of aromatic hydroxyl groups is 2. The zero-order chi connectivity index (χ0) is 67.2. The van der Waals surface area contributed by atoms with Gasteiger partial charge in [0.15, 0.2) is 26.9 Å². The van der Waals surface area contributed by atoms with Crippen LogP contribution >= 0.6 is 7.94 Å². The van der Waals surface area contributed by atoms with Crippen molar-refractivity contribution in [2.75, 3.05) is 98.7 Å². The monoisotopic (exact) mass is 1240 g/mol. The molecule has 0 aromatic heterocycles. The van der Waals surface area contributed by atoms with Crippen LogP contribution in [0.25, 0.3) is 0 Å². The first-order chi connectivity index (χ1) is 39.4. The van der Waals surface area contributed by atoms with Crippen LogP contribution in [0.15, 0.2) is 91.0 Å². The van der Waals surface area contributed by atoms with Crippen LogP contribution in [0.5, 0.6) is 23.0 Å². The van der Waals surface area contributed by atoms with Crippen LogP contribution < -0.4 is 25.2 Å². The summed E-state index contributed by atoms with van der Waals surface area (Å²) in [6.07, 6.45) is 0. The van der Waals surface area contributed by atoms with Crippen molar-refractivity contribution in [1.29, 1.82) is 1.34 Å². The molecule has 0 heterocycles. The van der Waals surface area contributed by atoms with Gasteiger partial charge in [-0.15, -0.1) is 14.0 Å². The Morgan fingerprint density at radius 1 is 0.558 bits per heavy atom. The first kappa shape index (κ1) is 88.7. The van der Waals surface area contributed by atoms with E-state index in [0.717, 1.165) is 44.6 Å². The third kappa shape index (κ3) is 46.0. The fourth-order valence-corrected chi connectivity index (χ4v) is 8.81. The molecule has 0 bridgehead atoms. The second-order valence-electron chi connectivity index (χ2n) is 17.2. The highest BCUT2D eigenvalue weighted by molar-refractivity contribution is 7.64. The largest absolute Gasteiger partial charge is 0.543 e. The molecular formula is C54H94BN12O18P+. The Hall–Kier alpha value is -8.48. The number of esters is 1. The molecule has 5 N–H and O–H groups in total. The Kier molecular flexibility index (Phi) is 53.8. The molecule has 32 heteroatoms. The number of nitro groups is 4. The smallest absolute Gasteiger partial charge is 0.416 e. The first-order valence-corrected chi connectivity index (χ1v) is 26.1. The SMILES string of the molecule is C.C.CC(=O)N(C)Cc1c(O)cccc1[N+](=O)[O-].CC(=O)N(C)Cc1ccccc1O.CNC(C)=O.CNCc1ccccc1OC(C)=O.CNCc1ccccc1O[P+](N(C)C)(N(C)C)N(C)C.C[N+](=O)[O-].C[N+](=O)[O-].C[N+](=O)[O-].[3H][B]OC(C)=O.